The van der Waals surface area contributed by atoms with E-state index in [1.165, 1.54) is 19.3 Å². The highest BCUT2D eigenvalue weighted by Crippen LogP contribution is 2.27. The van der Waals surface area contributed by atoms with E-state index in [1.807, 2.05) is 25.2 Å². The molecule has 2 rings (SSSR count). The third-order valence-electron chi connectivity index (χ3n) is 3.56. The number of hydrogen-bond acceptors (Lipinski definition) is 2. The minimum absolute atomic E-state index is 0.00902. The van der Waals surface area contributed by atoms with Crippen LogP contribution >= 0.6 is 0 Å². The Morgan fingerprint density at radius 3 is 2.79 bits per heavy atom. The highest BCUT2D eigenvalue weighted by molar-refractivity contribution is 5.96. The average Bonchev–Trinajstić information content (AvgIpc) is 2.39. The maximum absolute atomic E-state index is 12.4. The molecular weight excluding hydrogens is 238 g/mol. The summed E-state index contributed by atoms with van der Waals surface area (Å²) in [6.45, 7) is 0.626. The van der Waals surface area contributed by atoms with E-state index in [2.05, 4.69) is 11.8 Å². The molecule has 0 saturated heterocycles. The van der Waals surface area contributed by atoms with Gasteiger partial charge in [-0.25, -0.2) is 0 Å². The second kappa shape index (κ2) is 6.40. The van der Waals surface area contributed by atoms with Crippen LogP contribution in [0.2, 0.25) is 0 Å². The number of rotatable bonds is 3. The van der Waals surface area contributed by atoms with Gasteiger partial charge in [-0.15, -0.1) is 0 Å². The van der Waals surface area contributed by atoms with Crippen LogP contribution in [0.25, 0.3) is 0 Å². The number of nitrogens with zero attached hydrogens (tertiary/aromatic N) is 1. The molecule has 1 N–H and O–H groups in total. The molecule has 0 spiro atoms. The molecule has 0 atom stereocenters. The van der Waals surface area contributed by atoms with Gasteiger partial charge < -0.3 is 10.0 Å². The van der Waals surface area contributed by atoms with Crippen molar-refractivity contribution in [2.24, 2.45) is 5.92 Å². The lowest BCUT2D eigenvalue weighted by Crippen LogP contribution is -2.34. The molecular formula is C16H19NO2. The first-order valence-electron chi connectivity index (χ1n) is 6.66. The van der Waals surface area contributed by atoms with Gasteiger partial charge >= 0.3 is 0 Å². The van der Waals surface area contributed by atoms with Gasteiger partial charge in [-0.3, -0.25) is 4.79 Å². The third kappa shape index (κ3) is 3.36. The van der Waals surface area contributed by atoms with Crippen LogP contribution in [0.1, 0.15) is 35.2 Å². The van der Waals surface area contributed by atoms with Crippen LogP contribution in [0.5, 0.6) is 0 Å². The van der Waals surface area contributed by atoms with Crippen molar-refractivity contribution in [3.8, 4) is 11.8 Å². The molecule has 1 fully saturated rings. The Balaban J connectivity index is 2.13. The zero-order valence-corrected chi connectivity index (χ0v) is 11.2. The van der Waals surface area contributed by atoms with Crippen LogP contribution in [-0.4, -0.2) is 36.1 Å². The molecule has 0 heterocycles. The summed E-state index contributed by atoms with van der Waals surface area (Å²) in [5.41, 5.74) is 1.30. The largest absolute Gasteiger partial charge is 0.384 e. The quantitative estimate of drug-likeness (QED) is 0.840. The van der Waals surface area contributed by atoms with Crippen LogP contribution in [0.4, 0.5) is 0 Å². The first-order valence-corrected chi connectivity index (χ1v) is 6.66. The maximum atomic E-state index is 12.4. The van der Waals surface area contributed by atoms with Gasteiger partial charge in [-0.05, 0) is 30.9 Å². The highest BCUT2D eigenvalue weighted by atomic mass is 16.2. The highest BCUT2D eigenvalue weighted by Gasteiger charge is 2.22. The van der Waals surface area contributed by atoms with Crippen molar-refractivity contribution in [2.75, 3.05) is 20.2 Å². The number of benzene rings is 1. The van der Waals surface area contributed by atoms with Crippen molar-refractivity contribution in [3.63, 3.8) is 0 Å². The number of carbonyl (C=O) groups excluding carboxylic acids is 1. The number of hydrogen-bond donors (Lipinski definition) is 1. The summed E-state index contributed by atoms with van der Waals surface area (Å²) in [4.78, 5) is 14.2. The van der Waals surface area contributed by atoms with Gasteiger partial charge in [0.05, 0.1) is 5.56 Å². The Labute approximate surface area is 114 Å². The standard InChI is InChI=1S/C16H19NO2/c1-17(12-13-6-4-7-13)16(19)15-10-3-2-8-14(15)9-5-11-18/h2-3,8,10,13,18H,4,6-7,11-12H2,1H3. The SMILES string of the molecule is CN(CC1CCC1)C(=O)c1ccccc1C#CCO. The lowest BCUT2D eigenvalue weighted by Gasteiger charge is -2.30. The van der Waals surface area contributed by atoms with Crippen molar-refractivity contribution in [2.45, 2.75) is 19.3 Å². The lowest BCUT2D eigenvalue weighted by atomic mass is 9.85. The molecule has 1 aliphatic carbocycles. The molecule has 0 aromatic heterocycles. The minimum atomic E-state index is -0.194. The van der Waals surface area contributed by atoms with Gasteiger partial charge in [0.25, 0.3) is 5.91 Å². The van der Waals surface area contributed by atoms with Gasteiger partial charge in [-0.1, -0.05) is 30.4 Å². The van der Waals surface area contributed by atoms with E-state index >= 15 is 0 Å². The summed E-state index contributed by atoms with van der Waals surface area (Å²) in [6.07, 6.45) is 3.73. The second-order valence-corrected chi connectivity index (χ2v) is 4.99. The van der Waals surface area contributed by atoms with E-state index in [4.69, 9.17) is 5.11 Å². The zero-order valence-electron chi connectivity index (χ0n) is 11.2. The van der Waals surface area contributed by atoms with Gasteiger partial charge in [-0.2, -0.15) is 0 Å². The van der Waals surface area contributed by atoms with E-state index in [-0.39, 0.29) is 12.5 Å². The molecule has 1 aromatic rings. The molecule has 1 amide bonds. The third-order valence-corrected chi connectivity index (χ3v) is 3.56. The van der Waals surface area contributed by atoms with Gasteiger partial charge in [0, 0.05) is 19.2 Å². The predicted molar refractivity (Wildman–Crippen MR) is 74.7 cm³/mol. The zero-order chi connectivity index (χ0) is 13.7. The van der Waals surface area contributed by atoms with Gasteiger partial charge in [0.15, 0.2) is 0 Å². The van der Waals surface area contributed by atoms with Crippen LogP contribution < -0.4 is 0 Å². The summed E-state index contributed by atoms with van der Waals surface area (Å²) in [5.74, 6) is 6.10. The van der Waals surface area contributed by atoms with Crippen molar-refractivity contribution < 1.29 is 9.90 Å². The van der Waals surface area contributed by atoms with E-state index in [9.17, 15) is 4.79 Å². The van der Waals surface area contributed by atoms with Crippen molar-refractivity contribution in [1.29, 1.82) is 0 Å². The first-order chi connectivity index (χ1) is 9.22. The number of aliphatic hydroxyl groups is 1. The normalized spacial score (nSPS) is 14.2. The Bertz CT molecular complexity index is 509. The van der Waals surface area contributed by atoms with E-state index in [1.54, 1.807) is 11.0 Å². The molecule has 3 heteroatoms. The molecule has 1 aromatic carbocycles. The Morgan fingerprint density at radius 1 is 1.42 bits per heavy atom. The summed E-state index contributed by atoms with van der Waals surface area (Å²) >= 11 is 0. The maximum Gasteiger partial charge on any atom is 0.254 e. The molecule has 1 saturated carbocycles. The number of carbonyl (C=O) groups is 1. The van der Waals surface area contributed by atoms with E-state index < -0.39 is 0 Å². The van der Waals surface area contributed by atoms with Crippen LogP contribution in [0.3, 0.4) is 0 Å². The predicted octanol–water partition coefficient (Wildman–Crippen LogP) is 1.90. The summed E-state index contributed by atoms with van der Waals surface area (Å²) in [6, 6.07) is 7.30. The van der Waals surface area contributed by atoms with Crippen LogP contribution in [0, 0.1) is 17.8 Å². The molecule has 1 aliphatic rings. The van der Waals surface area contributed by atoms with E-state index in [0.717, 1.165) is 6.54 Å². The van der Waals surface area contributed by atoms with Gasteiger partial charge in [0.2, 0.25) is 0 Å². The van der Waals surface area contributed by atoms with E-state index in [0.29, 0.717) is 17.0 Å². The molecule has 100 valence electrons. The summed E-state index contributed by atoms with van der Waals surface area (Å²) < 4.78 is 0. The smallest absolute Gasteiger partial charge is 0.254 e. The Kier molecular flexibility index (Phi) is 4.59. The number of amides is 1. The topological polar surface area (TPSA) is 40.5 Å². The molecule has 0 radical (unpaired) electrons. The second-order valence-electron chi connectivity index (χ2n) is 4.99. The molecule has 3 nitrogen and oxygen atoms in total. The van der Waals surface area contributed by atoms with Crippen LogP contribution in [-0.2, 0) is 0 Å². The fourth-order valence-electron chi connectivity index (χ4n) is 2.26. The fraction of sp³-hybridized carbons (Fsp3) is 0.438. The molecule has 19 heavy (non-hydrogen) atoms. The Morgan fingerprint density at radius 2 is 2.16 bits per heavy atom. The molecule has 0 aliphatic heterocycles. The van der Waals surface area contributed by atoms with Gasteiger partial charge in [0.1, 0.15) is 6.61 Å². The van der Waals surface area contributed by atoms with Crippen LogP contribution in [0.15, 0.2) is 24.3 Å². The average molecular weight is 257 g/mol. The minimum Gasteiger partial charge on any atom is -0.384 e. The molecule has 0 bridgehead atoms. The Hall–Kier alpha value is -1.79. The first kappa shape index (κ1) is 13.6. The fourth-order valence-corrected chi connectivity index (χ4v) is 2.26. The van der Waals surface area contributed by atoms with Crippen molar-refractivity contribution in [3.05, 3.63) is 35.4 Å². The summed E-state index contributed by atoms with van der Waals surface area (Å²) in [7, 11) is 1.84. The molecule has 0 unspecified atom stereocenters. The number of aliphatic hydroxyl groups excluding tert-OH is 1. The lowest BCUT2D eigenvalue weighted by molar-refractivity contribution is 0.0745. The monoisotopic (exact) mass is 257 g/mol. The van der Waals surface area contributed by atoms with Crippen molar-refractivity contribution in [1.82, 2.24) is 4.90 Å². The van der Waals surface area contributed by atoms with Crippen molar-refractivity contribution >= 4 is 5.91 Å². The summed E-state index contributed by atoms with van der Waals surface area (Å²) in [5, 5.41) is 8.76.